The number of benzene rings is 2. The molecule has 1 aromatic heterocycles. The third-order valence-corrected chi connectivity index (χ3v) is 5.30. The Kier molecular flexibility index (Phi) is 6.95. The number of aromatic nitrogens is 3. The lowest BCUT2D eigenvalue weighted by Gasteiger charge is -2.11. The van der Waals surface area contributed by atoms with Gasteiger partial charge in [-0.1, -0.05) is 47.1 Å². The summed E-state index contributed by atoms with van der Waals surface area (Å²) in [5.41, 5.74) is 2.63. The SMILES string of the molecule is C=CCn1c(SCC(=O)Nc2ccc(C)cc2)nnc1-c1cc(Cl)ccc1OC. The lowest BCUT2D eigenvalue weighted by molar-refractivity contribution is -0.113. The average molecular weight is 429 g/mol. The van der Waals surface area contributed by atoms with Gasteiger partial charge in [-0.25, -0.2) is 0 Å². The predicted molar refractivity (Wildman–Crippen MR) is 118 cm³/mol. The van der Waals surface area contributed by atoms with E-state index in [9.17, 15) is 4.79 Å². The third-order valence-electron chi connectivity index (χ3n) is 4.10. The van der Waals surface area contributed by atoms with Gasteiger partial charge in [0.15, 0.2) is 11.0 Å². The molecular weight excluding hydrogens is 408 g/mol. The van der Waals surface area contributed by atoms with Gasteiger partial charge in [0.2, 0.25) is 5.91 Å². The minimum Gasteiger partial charge on any atom is -0.496 e. The maximum atomic E-state index is 12.3. The van der Waals surface area contributed by atoms with Crippen LogP contribution in [0.2, 0.25) is 5.02 Å². The first kappa shape index (κ1) is 21.0. The summed E-state index contributed by atoms with van der Waals surface area (Å²) in [6, 6.07) is 13.0. The van der Waals surface area contributed by atoms with Crippen molar-refractivity contribution in [1.82, 2.24) is 14.8 Å². The average Bonchev–Trinajstić information content (AvgIpc) is 3.11. The molecule has 1 heterocycles. The Morgan fingerprint density at radius 1 is 1.28 bits per heavy atom. The number of aryl methyl sites for hydroxylation is 1. The Hall–Kier alpha value is -2.77. The maximum absolute atomic E-state index is 12.3. The molecule has 3 aromatic rings. The van der Waals surface area contributed by atoms with Gasteiger partial charge >= 0.3 is 0 Å². The molecular formula is C21H21ClN4O2S. The smallest absolute Gasteiger partial charge is 0.234 e. The fourth-order valence-corrected chi connectivity index (χ4v) is 3.63. The third kappa shape index (κ3) is 5.19. The highest BCUT2D eigenvalue weighted by Gasteiger charge is 2.18. The first-order valence-corrected chi connectivity index (χ1v) is 10.3. The zero-order valence-electron chi connectivity index (χ0n) is 16.2. The lowest BCUT2D eigenvalue weighted by atomic mass is 10.2. The number of nitrogens with zero attached hydrogens (tertiary/aromatic N) is 3. The van der Waals surface area contributed by atoms with Crippen molar-refractivity contribution in [3.8, 4) is 17.1 Å². The second kappa shape index (κ2) is 9.62. The van der Waals surface area contributed by atoms with E-state index < -0.39 is 0 Å². The minimum absolute atomic E-state index is 0.117. The van der Waals surface area contributed by atoms with Crippen LogP contribution in [0.1, 0.15) is 5.56 Å². The van der Waals surface area contributed by atoms with Gasteiger partial charge in [0.1, 0.15) is 5.75 Å². The van der Waals surface area contributed by atoms with Crippen LogP contribution in [-0.2, 0) is 11.3 Å². The lowest BCUT2D eigenvalue weighted by Crippen LogP contribution is -2.14. The molecule has 6 nitrogen and oxygen atoms in total. The van der Waals surface area contributed by atoms with Crippen molar-refractivity contribution < 1.29 is 9.53 Å². The van der Waals surface area contributed by atoms with Gasteiger partial charge in [0.05, 0.1) is 18.4 Å². The molecule has 0 saturated carbocycles. The molecule has 0 radical (unpaired) electrons. The summed E-state index contributed by atoms with van der Waals surface area (Å²) in [4.78, 5) is 12.3. The molecule has 1 amide bonds. The quantitative estimate of drug-likeness (QED) is 0.411. The Morgan fingerprint density at radius 3 is 2.72 bits per heavy atom. The van der Waals surface area contributed by atoms with Crippen LogP contribution in [0, 0.1) is 6.92 Å². The van der Waals surface area contributed by atoms with Crippen LogP contribution < -0.4 is 10.1 Å². The molecule has 0 saturated heterocycles. The van der Waals surface area contributed by atoms with Crippen LogP contribution in [0.4, 0.5) is 5.69 Å². The van der Waals surface area contributed by atoms with E-state index >= 15 is 0 Å². The molecule has 0 unspecified atom stereocenters. The highest BCUT2D eigenvalue weighted by atomic mass is 35.5. The number of allylic oxidation sites excluding steroid dienone is 1. The van der Waals surface area contributed by atoms with Crippen molar-refractivity contribution in [2.24, 2.45) is 0 Å². The van der Waals surface area contributed by atoms with Gasteiger partial charge in [-0.05, 0) is 37.3 Å². The minimum atomic E-state index is -0.117. The molecule has 0 bridgehead atoms. The van der Waals surface area contributed by atoms with Crippen molar-refractivity contribution in [3.05, 3.63) is 65.7 Å². The summed E-state index contributed by atoms with van der Waals surface area (Å²) in [5.74, 6) is 1.33. The zero-order chi connectivity index (χ0) is 20.8. The zero-order valence-corrected chi connectivity index (χ0v) is 17.8. The summed E-state index contributed by atoms with van der Waals surface area (Å²) < 4.78 is 7.31. The van der Waals surface area contributed by atoms with Gasteiger partial charge < -0.3 is 10.1 Å². The van der Waals surface area contributed by atoms with Crippen LogP contribution >= 0.6 is 23.4 Å². The molecule has 150 valence electrons. The summed E-state index contributed by atoms with van der Waals surface area (Å²) in [6.07, 6.45) is 1.75. The van der Waals surface area contributed by atoms with Gasteiger partial charge in [0, 0.05) is 17.3 Å². The fraction of sp³-hybridized carbons (Fsp3) is 0.190. The van der Waals surface area contributed by atoms with E-state index in [0.29, 0.717) is 28.3 Å². The van der Waals surface area contributed by atoms with E-state index in [1.165, 1.54) is 11.8 Å². The number of nitrogens with one attached hydrogen (secondary N) is 1. The highest BCUT2D eigenvalue weighted by Crippen LogP contribution is 2.33. The van der Waals surface area contributed by atoms with Crippen molar-refractivity contribution in [2.75, 3.05) is 18.2 Å². The first-order valence-electron chi connectivity index (χ1n) is 8.89. The second-order valence-electron chi connectivity index (χ2n) is 6.25. The number of halogens is 1. The van der Waals surface area contributed by atoms with Crippen LogP contribution in [-0.4, -0.2) is 33.5 Å². The highest BCUT2D eigenvalue weighted by molar-refractivity contribution is 7.99. The molecule has 0 aliphatic carbocycles. The number of methoxy groups -OCH3 is 1. The molecule has 0 spiro atoms. The Balaban J connectivity index is 1.78. The molecule has 0 aliphatic heterocycles. The molecule has 1 N–H and O–H groups in total. The van der Waals surface area contributed by atoms with Crippen molar-refractivity contribution in [2.45, 2.75) is 18.6 Å². The normalized spacial score (nSPS) is 10.6. The molecule has 8 heteroatoms. The monoisotopic (exact) mass is 428 g/mol. The summed E-state index contributed by atoms with van der Waals surface area (Å²) in [7, 11) is 1.59. The summed E-state index contributed by atoms with van der Waals surface area (Å²) in [5, 5.41) is 12.6. The number of anilines is 1. The Bertz CT molecular complexity index is 1020. The van der Waals surface area contributed by atoms with E-state index in [1.54, 1.807) is 31.4 Å². The number of carbonyl (C=O) groups excluding carboxylic acids is 1. The standard InChI is InChI=1S/C21H21ClN4O2S/c1-4-11-26-20(17-12-15(22)7-10-18(17)28-3)24-25-21(26)29-13-19(27)23-16-8-5-14(2)6-9-16/h4-10,12H,1,11,13H2,2-3H3,(H,23,27). The molecule has 29 heavy (non-hydrogen) atoms. The molecule has 2 aromatic carbocycles. The number of amides is 1. The maximum Gasteiger partial charge on any atom is 0.234 e. The Labute approximate surface area is 178 Å². The van der Waals surface area contributed by atoms with Crippen LogP contribution in [0.15, 0.2) is 60.3 Å². The van der Waals surface area contributed by atoms with E-state index in [4.69, 9.17) is 16.3 Å². The molecule has 0 atom stereocenters. The van der Waals surface area contributed by atoms with E-state index in [0.717, 1.165) is 16.8 Å². The van der Waals surface area contributed by atoms with Crippen molar-refractivity contribution >= 4 is 35.0 Å². The topological polar surface area (TPSA) is 69.0 Å². The fourth-order valence-electron chi connectivity index (χ4n) is 2.71. The number of thioether (sulfide) groups is 1. The first-order chi connectivity index (χ1) is 14.0. The summed E-state index contributed by atoms with van der Waals surface area (Å²) >= 11 is 7.46. The van der Waals surface area contributed by atoms with Crippen molar-refractivity contribution in [3.63, 3.8) is 0 Å². The largest absolute Gasteiger partial charge is 0.496 e. The number of ether oxygens (including phenoxy) is 1. The van der Waals surface area contributed by atoms with Crippen LogP contribution in [0.5, 0.6) is 5.75 Å². The van der Waals surface area contributed by atoms with Crippen molar-refractivity contribution in [1.29, 1.82) is 0 Å². The second-order valence-corrected chi connectivity index (χ2v) is 7.63. The van der Waals surface area contributed by atoms with E-state index in [-0.39, 0.29) is 11.7 Å². The Morgan fingerprint density at radius 2 is 2.03 bits per heavy atom. The predicted octanol–water partition coefficient (Wildman–Crippen LogP) is 4.83. The van der Waals surface area contributed by atoms with Gasteiger partial charge in [-0.3, -0.25) is 9.36 Å². The molecule has 0 aliphatic rings. The van der Waals surface area contributed by atoms with Crippen LogP contribution in [0.25, 0.3) is 11.4 Å². The van der Waals surface area contributed by atoms with E-state index in [1.807, 2.05) is 35.8 Å². The van der Waals surface area contributed by atoms with Gasteiger partial charge in [-0.15, -0.1) is 16.8 Å². The molecule has 3 rings (SSSR count). The van der Waals surface area contributed by atoms with Gasteiger partial charge in [0.25, 0.3) is 0 Å². The summed E-state index contributed by atoms with van der Waals surface area (Å²) in [6.45, 7) is 6.29. The number of hydrogen-bond acceptors (Lipinski definition) is 5. The van der Waals surface area contributed by atoms with E-state index in [2.05, 4.69) is 22.1 Å². The number of carbonyl (C=O) groups is 1. The van der Waals surface area contributed by atoms with Gasteiger partial charge in [-0.2, -0.15) is 0 Å². The number of rotatable bonds is 8. The van der Waals surface area contributed by atoms with Crippen LogP contribution in [0.3, 0.4) is 0 Å². The molecule has 0 fully saturated rings. The number of hydrogen-bond donors (Lipinski definition) is 1.